The molecule has 0 fully saturated rings. The van der Waals surface area contributed by atoms with E-state index in [4.69, 9.17) is 4.74 Å². The summed E-state index contributed by atoms with van der Waals surface area (Å²) in [4.78, 5) is 10.7. The van der Waals surface area contributed by atoms with Crippen molar-refractivity contribution in [2.24, 2.45) is 0 Å². The number of aldehydes is 1. The van der Waals surface area contributed by atoms with Crippen molar-refractivity contribution in [3.8, 4) is 5.75 Å². The van der Waals surface area contributed by atoms with E-state index in [2.05, 4.69) is 15.9 Å². The molecule has 0 aliphatic heterocycles. The van der Waals surface area contributed by atoms with E-state index < -0.39 is 0 Å². The van der Waals surface area contributed by atoms with E-state index in [1.54, 1.807) is 7.11 Å². The molecule has 1 unspecified atom stereocenters. The molecule has 0 spiro atoms. The van der Waals surface area contributed by atoms with Gasteiger partial charge in [0.25, 0.3) is 0 Å². The molecule has 14 heavy (non-hydrogen) atoms. The highest BCUT2D eigenvalue weighted by atomic mass is 79.9. The van der Waals surface area contributed by atoms with Crippen LogP contribution in [-0.4, -0.2) is 13.4 Å². The second-order valence-electron chi connectivity index (χ2n) is 3.13. The molecule has 2 nitrogen and oxygen atoms in total. The molecule has 0 aliphatic carbocycles. The van der Waals surface area contributed by atoms with Gasteiger partial charge in [0.1, 0.15) is 12.0 Å². The van der Waals surface area contributed by atoms with Gasteiger partial charge in [0.2, 0.25) is 0 Å². The lowest BCUT2D eigenvalue weighted by Crippen LogP contribution is -1.99. The summed E-state index contributed by atoms with van der Waals surface area (Å²) in [5, 5.41) is 0.791. The lowest BCUT2D eigenvalue weighted by atomic mass is 10.0. The number of halogens is 1. The first kappa shape index (κ1) is 11.2. The zero-order chi connectivity index (χ0) is 10.6. The minimum absolute atomic E-state index is 0.116. The fourth-order valence-corrected chi connectivity index (χ4v) is 1.64. The Kier molecular flexibility index (Phi) is 4.14. The van der Waals surface area contributed by atoms with Gasteiger partial charge in [0.05, 0.1) is 7.11 Å². The van der Waals surface area contributed by atoms with Crippen LogP contribution in [0, 0.1) is 0 Å². The van der Waals surface area contributed by atoms with E-state index in [9.17, 15) is 4.79 Å². The highest BCUT2D eigenvalue weighted by Gasteiger charge is 2.10. The minimum atomic E-state index is -0.116. The Morgan fingerprint density at radius 1 is 1.57 bits per heavy atom. The van der Waals surface area contributed by atoms with Gasteiger partial charge in [-0.1, -0.05) is 35.0 Å². The molecule has 1 aromatic rings. The van der Waals surface area contributed by atoms with Crippen LogP contribution in [0.25, 0.3) is 0 Å². The monoisotopic (exact) mass is 256 g/mol. The number of benzene rings is 1. The van der Waals surface area contributed by atoms with Crippen molar-refractivity contribution in [2.75, 3.05) is 7.11 Å². The lowest BCUT2D eigenvalue weighted by molar-refractivity contribution is -0.108. The normalized spacial score (nSPS) is 12.2. The highest BCUT2D eigenvalue weighted by Crippen LogP contribution is 2.27. The zero-order valence-corrected chi connectivity index (χ0v) is 9.87. The average Bonchev–Trinajstić information content (AvgIpc) is 2.27. The fourth-order valence-electron chi connectivity index (χ4n) is 1.29. The Morgan fingerprint density at radius 3 is 2.79 bits per heavy atom. The number of carbonyl (C=O) groups excluding carboxylic acids is 1. The Morgan fingerprint density at radius 2 is 2.29 bits per heavy atom. The summed E-state index contributed by atoms with van der Waals surface area (Å²) in [6.45, 7) is 1.86. The largest absolute Gasteiger partial charge is 0.496 e. The van der Waals surface area contributed by atoms with Crippen LogP contribution in [0.1, 0.15) is 24.0 Å². The van der Waals surface area contributed by atoms with Gasteiger partial charge in [0, 0.05) is 16.8 Å². The van der Waals surface area contributed by atoms with Crippen LogP contribution in [0.4, 0.5) is 0 Å². The Labute approximate surface area is 92.4 Å². The number of hydrogen-bond acceptors (Lipinski definition) is 2. The molecule has 0 amide bonds. The number of alkyl halides is 1. The van der Waals surface area contributed by atoms with E-state index in [1.165, 1.54) is 0 Å². The van der Waals surface area contributed by atoms with Crippen LogP contribution in [0.5, 0.6) is 5.75 Å². The summed E-state index contributed by atoms with van der Waals surface area (Å²) >= 11 is 3.37. The summed E-state index contributed by atoms with van der Waals surface area (Å²) in [5.74, 6) is 0.663. The van der Waals surface area contributed by atoms with Crippen LogP contribution in [0.3, 0.4) is 0 Å². The highest BCUT2D eigenvalue weighted by molar-refractivity contribution is 9.08. The molecule has 0 N–H and O–H groups in total. The van der Waals surface area contributed by atoms with Crippen molar-refractivity contribution < 1.29 is 9.53 Å². The molecule has 0 radical (unpaired) electrons. The smallest absolute Gasteiger partial charge is 0.127 e. The van der Waals surface area contributed by atoms with Crippen LogP contribution >= 0.6 is 15.9 Å². The topological polar surface area (TPSA) is 26.3 Å². The lowest BCUT2D eigenvalue weighted by Gasteiger charge is -2.11. The number of hydrogen-bond donors (Lipinski definition) is 0. The first-order valence-corrected chi connectivity index (χ1v) is 5.53. The molecular formula is C11H13BrO2. The van der Waals surface area contributed by atoms with E-state index in [0.29, 0.717) is 0 Å². The zero-order valence-electron chi connectivity index (χ0n) is 8.29. The van der Waals surface area contributed by atoms with Crippen LogP contribution in [0.2, 0.25) is 0 Å². The van der Waals surface area contributed by atoms with E-state index in [1.807, 2.05) is 25.1 Å². The summed E-state index contributed by atoms with van der Waals surface area (Å²) in [6.07, 6.45) is 0.922. The Bertz CT molecular complexity index is 323. The molecule has 0 aromatic heterocycles. The van der Waals surface area contributed by atoms with Crippen LogP contribution in [0.15, 0.2) is 18.2 Å². The summed E-state index contributed by atoms with van der Waals surface area (Å²) < 4.78 is 5.23. The first-order valence-electron chi connectivity index (χ1n) is 4.41. The van der Waals surface area contributed by atoms with Crippen LogP contribution < -0.4 is 4.74 Å². The molecule has 0 aliphatic rings. The van der Waals surface area contributed by atoms with E-state index in [-0.39, 0.29) is 5.92 Å². The van der Waals surface area contributed by atoms with Gasteiger partial charge in [-0.05, 0) is 11.6 Å². The summed E-state index contributed by atoms with van der Waals surface area (Å²) in [6, 6.07) is 5.88. The molecule has 1 aromatic carbocycles. The molecule has 0 bridgehead atoms. The first-order chi connectivity index (χ1) is 6.72. The average molecular weight is 257 g/mol. The second kappa shape index (κ2) is 5.15. The molecular weight excluding hydrogens is 244 g/mol. The molecule has 3 heteroatoms. The van der Waals surface area contributed by atoms with Crippen molar-refractivity contribution >= 4 is 22.2 Å². The second-order valence-corrected chi connectivity index (χ2v) is 3.70. The molecule has 76 valence electrons. The maximum absolute atomic E-state index is 10.7. The van der Waals surface area contributed by atoms with Crippen LogP contribution in [-0.2, 0) is 10.1 Å². The molecule has 1 atom stereocenters. The standard InChI is InChI=1S/C11H13BrO2/c1-8(7-13)10-4-3-9(6-12)5-11(10)14-2/h3-5,7-8H,6H2,1-2H3. The SMILES string of the molecule is COc1cc(CBr)ccc1C(C)C=O. The minimum Gasteiger partial charge on any atom is -0.496 e. The van der Waals surface area contributed by atoms with Crippen molar-refractivity contribution in [1.82, 2.24) is 0 Å². The maximum atomic E-state index is 10.7. The van der Waals surface area contributed by atoms with Gasteiger partial charge in [-0.15, -0.1) is 0 Å². The van der Waals surface area contributed by atoms with Gasteiger partial charge in [-0.2, -0.15) is 0 Å². The van der Waals surface area contributed by atoms with Crippen molar-refractivity contribution in [3.05, 3.63) is 29.3 Å². The molecule has 0 saturated heterocycles. The predicted molar refractivity (Wildman–Crippen MR) is 60.1 cm³/mol. The number of methoxy groups -OCH3 is 1. The Balaban J connectivity index is 3.10. The molecule has 1 rings (SSSR count). The molecule has 0 saturated carbocycles. The van der Waals surface area contributed by atoms with Crippen molar-refractivity contribution in [3.63, 3.8) is 0 Å². The summed E-state index contributed by atoms with van der Waals surface area (Å²) in [7, 11) is 1.62. The number of carbonyl (C=O) groups is 1. The third-order valence-electron chi connectivity index (χ3n) is 2.15. The number of rotatable bonds is 4. The van der Waals surface area contributed by atoms with Crippen molar-refractivity contribution in [2.45, 2.75) is 18.2 Å². The number of ether oxygens (including phenoxy) is 1. The predicted octanol–water partition coefficient (Wildman–Crippen LogP) is 2.89. The van der Waals surface area contributed by atoms with Gasteiger partial charge in [-0.25, -0.2) is 0 Å². The maximum Gasteiger partial charge on any atom is 0.127 e. The third-order valence-corrected chi connectivity index (χ3v) is 2.79. The quantitative estimate of drug-likeness (QED) is 0.612. The van der Waals surface area contributed by atoms with E-state index >= 15 is 0 Å². The van der Waals surface area contributed by atoms with Gasteiger partial charge < -0.3 is 9.53 Å². The van der Waals surface area contributed by atoms with Gasteiger partial charge >= 0.3 is 0 Å². The Hall–Kier alpha value is -0.830. The van der Waals surface area contributed by atoms with Crippen molar-refractivity contribution in [1.29, 1.82) is 0 Å². The van der Waals surface area contributed by atoms with Gasteiger partial charge in [0.15, 0.2) is 0 Å². The summed E-state index contributed by atoms with van der Waals surface area (Å²) in [5.41, 5.74) is 2.08. The fraction of sp³-hybridized carbons (Fsp3) is 0.364. The third kappa shape index (κ3) is 2.35. The van der Waals surface area contributed by atoms with Gasteiger partial charge in [-0.3, -0.25) is 0 Å². The molecule has 0 heterocycles. The van der Waals surface area contributed by atoms with E-state index in [0.717, 1.165) is 28.5 Å².